The summed E-state index contributed by atoms with van der Waals surface area (Å²) in [5, 5.41) is 8.85. The SMILES string of the molecule is COC(=O)Nc1cccc(NCC(=O)NC(C)C2CC3CCC2C3)c1. The maximum absolute atomic E-state index is 12.2. The van der Waals surface area contributed by atoms with Gasteiger partial charge in [0, 0.05) is 17.4 Å². The fourth-order valence-electron chi connectivity index (χ4n) is 4.38. The minimum atomic E-state index is -0.519. The molecule has 4 atom stereocenters. The van der Waals surface area contributed by atoms with Gasteiger partial charge in [-0.3, -0.25) is 10.1 Å². The quantitative estimate of drug-likeness (QED) is 0.740. The van der Waals surface area contributed by atoms with Crippen molar-refractivity contribution in [2.24, 2.45) is 17.8 Å². The van der Waals surface area contributed by atoms with Crippen LogP contribution in [-0.4, -0.2) is 31.7 Å². The fraction of sp³-hybridized carbons (Fsp3) is 0.579. The summed E-state index contributed by atoms with van der Waals surface area (Å²) in [6.07, 6.45) is 4.80. The Labute approximate surface area is 148 Å². The number of ether oxygens (including phenoxy) is 1. The van der Waals surface area contributed by atoms with Crippen LogP contribution in [-0.2, 0) is 9.53 Å². The molecule has 2 fully saturated rings. The van der Waals surface area contributed by atoms with Crippen molar-refractivity contribution in [1.29, 1.82) is 0 Å². The van der Waals surface area contributed by atoms with E-state index in [1.165, 1.54) is 32.8 Å². The number of rotatable bonds is 6. The van der Waals surface area contributed by atoms with Gasteiger partial charge in [0.2, 0.25) is 5.91 Å². The van der Waals surface area contributed by atoms with E-state index < -0.39 is 6.09 Å². The van der Waals surface area contributed by atoms with Crippen LogP contribution in [0.5, 0.6) is 0 Å². The van der Waals surface area contributed by atoms with Gasteiger partial charge in [-0.1, -0.05) is 12.5 Å². The molecule has 6 nitrogen and oxygen atoms in total. The Hall–Kier alpha value is -2.24. The second-order valence-electron chi connectivity index (χ2n) is 7.25. The molecule has 2 amide bonds. The van der Waals surface area contributed by atoms with E-state index in [0.29, 0.717) is 11.6 Å². The standard InChI is InChI=1S/C19H27N3O3/c1-12(17-9-13-6-7-14(17)8-13)21-18(23)11-20-15-4-3-5-16(10-15)22-19(24)25-2/h3-5,10,12-14,17,20H,6-9,11H2,1-2H3,(H,21,23)(H,22,24). The van der Waals surface area contributed by atoms with Crippen LogP contribution in [0.4, 0.5) is 16.2 Å². The van der Waals surface area contributed by atoms with Crippen LogP contribution in [0.25, 0.3) is 0 Å². The van der Waals surface area contributed by atoms with Crippen LogP contribution in [0.2, 0.25) is 0 Å². The van der Waals surface area contributed by atoms with Gasteiger partial charge in [-0.2, -0.15) is 0 Å². The summed E-state index contributed by atoms with van der Waals surface area (Å²) in [7, 11) is 1.32. The van der Waals surface area contributed by atoms with Crippen LogP contribution in [0, 0.1) is 17.8 Å². The normalized spacial score (nSPS) is 25.3. The number of benzene rings is 1. The molecular weight excluding hydrogens is 318 g/mol. The molecular formula is C19H27N3O3. The van der Waals surface area contributed by atoms with Crippen LogP contribution in [0.1, 0.15) is 32.6 Å². The molecule has 1 aromatic rings. The van der Waals surface area contributed by atoms with Crippen molar-refractivity contribution in [3.63, 3.8) is 0 Å². The summed E-state index contributed by atoms with van der Waals surface area (Å²) >= 11 is 0. The lowest BCUT2D eigenvalue weighted by atomic mass is 9.84. The average molecular weight is 345 g/mol. The maximum atomic E-state index is 12.2. The van der Waals surface area contributed by atoms with Gasteiger partial charge in [-0.15, -0.1) is 0 Å². The van der Waals surface area contributed by atoms with Crippen molar-refractivity contribution in [3.05, 3.63) is 24.3 Å². The van der Waals surface area contributed by atoms with E-state index in [1.807, 2.05) is 12.1 Å². The highest BCUT2D eigenvalue weighted by molar-refractivity contribution is 5.85. The predicted octanol–water partition coefficient (Wildman–Crippen LogP) is 3.22. The van der Waals surface area contributed by atoms with Crippen molar-refractivity contribution >= 4 is 23.4 Å². The summed E-state index contributed by atoms with van der Waals surface area (Å²) < 4.78 is 4.57. The molecule has 3 rings (SSSR count). The molecule has 2 saturated carbocycles. The maximum Gasteiger partial charge on any atom is 0.411 e. The first kappa shape index (κ1) is 17.6. The molecule has 25 heavy (non-hydrogen) atoms. The monoisotopic (exact) mass is 345 g/mol. The van der Waals surface area contributed by atoms with E-state index in [-0.39, 0.29) is 18.5 Å². The third kappa shape index (κ3) is 4.44. The Bertz CT molecular complexity index is 634. The topological polar surface area (TPSA) is 79.5 Å². The molecule has 6 heteroatoms. The largest absolute Gasteiger partial charge is 0.453 e. The van der Waals surface area contributed by atoms with Crippen LogP contribution < -0.4 is 16.0 Å². The molecule has 0 radical (unpaired) electrons. The molecule has 0 aliphatic heterocycles. The van der Waals surface area contributed by atoms with Crippen molar-refractivity contribution in [2.45, 2.75) is 38.6 Å². The number of hydrogen-bond acceptors (Lipinski definition) is 4. The average Bonchev–Trinajstić information content (AvgIpc) is 3.23. The molecule has 0 spiro atoms. The molecule has 2 aliphatic carbocycles. The zero-order valence-corrected chi connectivity index (χ0v) is 14.9. The lowest BCUT2D eigenvalue weighted by molar-refractivity contribution is -0.120. The molecule has 1 aromatic carbocycles. The van der Waals surface area contributed by atoms with Gasteiger partial charge in [-0.05, 0) is 62.1 Å². The van der Waals surface area contributed by atoms with Crippen LogP contribution >= 0.6 is 0 Å². The summed E-state index contributed by atoms with van der Waals surface area (Å²) in [4.78, 5) is 23.5. The van der Waals surface area contributed by atoms with E-state index in [1.54, 1.807) is 12.1 Å². The summed E-state index contributed by atoms with van der Waals surface area (Å²) in [5.41, 5.74) is 1.39. The Kier molecular flexibility index (Phi) is 5.46. The second-order valence-corrected chi connectivity index (χ2v) is 7.25. The smallest absolute Gasteiger partial charge is 0.411 e. The minimum absolute atomic E-state index is 0.00148. The number of nitrogens with one attached hydrogen (secondary N) is 3. The van der Waals surface area contributed by atoms with Gasteiger partial charge >= 0.3 is 6.09 Å². The number of carbonyl (C=O) groups excluding carboxylic acids is 2. The number of fused-ring (bicyclic) bond motifs is 2. The Balaban J connectivity index is 1.45. The Morgan fingerprint density at radius 2 is 2.04 bits per heavy atom. The summed E-state index contributed by atoms with van der Waals surface area (Å²) in [5.74, 6) is 2.32. The number of amides is 2. The van der Waals surface area contributed by atoms with Crippen molar-refractivity contribution in [2.75, 3.05) is 24.3 Å². The number of carbonyl (C=O) groups is 2. The van der Waals surface area contributed by atoms with Gasteiger partial charge in [-0.25, -0.2) is 4.79 Å². The minimum Gasteiger partial charge on any atom is -0.453 e. The van der Waals surface area contributed by atoms with Crippen LogP contribution in [0.15, 0.2) is 24.3 Å². The first-order valence-corrected chi connectivity index (χ1v) is 9.03. The number of methoxy groups -OCH3 is 1. The third-order valence-electron chi connectivity index (χ3n) is 5.57. The summed E-state index contributed by atoms with van der Waals surface area (Å²) in [6, 6.07) is 7.43. The fourth-order valence-corrected chi connectivity index (χ4v) is 4.38. The molecule has 136 valence electrons. The van der Waals surface area contributed by atoms with Crippen molar-refractivity contribution < 1.29 is 14.3 Å². The Morgan fingerprint density at radius 3 is 2.72 bits per heavy atom. The molecule has 0 heterocycles. The highest BCUT2D eigenvalue weighted by Gasteiger charge is 2.42. The van der Waals surface area contributed by atoms with E-state index >= 15 is 0 Å². The number of anilines is 2. The summed E-state index contributed by atoms with van der Waals surface area (Å²) in [6.45, 7) is 2.34. The number of hydrogen-bond donors (Lipinski definition) is 3. The zero-order chi connectivity index (χ0) is 17.8. The predicted molar refractivity (Wildman–Crippen MR) is 97.5 cm³/mol. The van der Waals surface area contributed by atoms with Crippen molar-refractivity contribution in [3.8, 4) is 0 Å². The zero-order valence-electron chi connectivity index (χ0n) is 14.9. The molecule has 2 aliphatic rings. The van der Waals surface area contributed by atoms with Gasteiger partial charge in [0.15, 0.2) is 0 Å². The molecule has 3 N–H and O–H groups in total. The van der Waals surface area contributed by atoms with E-state index in [9.17, 15) is 9.59 Å². The highest BCUT2D eigenvalue weighted by Crippen LogP contribution is 2.49. The lowest BCUT2D eigenvalue weighted by Crippen LogP contribution is -2.42. The molecule has 0 aromatic heterocycles. The molecule has 4 unspecified atom stereocenters. The van der Waals surface area contributed by atoms with Gasteiger partial charge in [0.1, 0.15) is 0 Å². The lowest BCUT2D eigenvalue weighted by Gasteiger charge is -2.28. The van der Waals surface area contributed by atoms with Gasteiger partial charge < -0.3 is 15.4 Å². The van der Waals surface area contributed by atoms with Crippen molar-refractivity contribution in [1.82, 2.24) is 5.32 Å². The highest BCUT2D eigenvalue weighted by atomic mass is 16.5. The van der Waals surface area contributed by atoms with E-state index in [0.717, 1.165) is 17.5 Å². The Morgan fingerprint density at radius 1 is 1.24 bits per heavy atom. The van der Waals surface area contributed by atoms with E-state index in [2.05, 4.69) is 27.6 Å². The van der Waals surface area contributed by atoms with Gasteiger partial charge in [0.25, 0.3) is 0 Å². The second kappa shape index (κ2) is 7.76. The van der Waals surface area contributed by atoms with Gasteiger partial charge in [0.05, 0.1) is 13.7 Å². The first-order valence-electron chi connectivity index (χ1n) is 9.03. The molecule has 0 saturated heterocycles. The van der Waals surface area contributed by atoms with Crippen LogP contribution in [0.3, 0.4) is 0 Å². The third-order valence-corrected chi connectivity index (χ3v) is 5.57. The van der Waals surface area contributed by atoms with E-state index in [4.69, 9.17) is 0 Å². The first-order chi connectivity index (χ1) is 12.0. The molecule has 2 bridgehead atoms.